The van der Waals surface area contributed by atoms with Crippen molar-refractivity contribution in [3.05, 3.63) is 59.9 Å². The van der Waals surface area contributed by atoms with Gasteiger partial charge >= 0.3 is 5.97 Å². The monoisotopic (exact) mass is 415 g/mol. The zero-order valence-electron chi connectivity index (χ0n) is 15.7. The molecule has 9 heteroatoms. The summed E-state index contributed by atoms with van der Waals surface area (Å²) in [5.41, 5.74) is 0.940. The van der Waals surface area contributed by atoms with Crippen LogP contribution in [0.15, 0.2) is 53.5 Å². The molecule has 150 valence electrons. The molecule has 0 radical (unpaired) electrons. The minimum atomic E-state index is -0.744. The van der Waals surface area contributed by atoms with Gasteiger partial charge in [0.25, 0.3) is 0 Å². The maximum atomic E-state index is 13.8. The number of methoxy groups -OCH3 is 1. The van der Waals surface area contributed by atoms with Crippen LogP contribution >= 0.6 is 11.8 Å². The second-order valence-corrected chi connectivity index (χ2v) is 7.34. The number of para-hydroxylation sites is 1. The molecule has 7 nitrogen and oxygen atoms in total. The Labute approximate surface area is 170 Å². The van der Waals surface area contributed by atoms with Crippen LogP contribution in [0.3, 0.4) is 0 Å². The highest BCUT2D eigenvalue weighted by Crippen LogP contribution is 2.29. The van der Waals surface area contributed by atoms with Crippen LogP contribution < -0.4 is 5.32 Å². The Hall–Kier alpha value is -3.20. The van der Waals surface area contributed by atoms with Crippen LogP contribution in [0.25, 0.3) is 0 Å². The second kappa shape index (κ2) is 8.87. The summed E-state index contributed by atoms with van der Waals surface area (Å²) in [5, 5.41) is 2.10. The van der Waals surface area contributed by atoms with Crippen LogP contribution in [0.1, 0.15) is 16.8 Å². The third-order valence-electron chi connectivity index (χ3n) is 4.21. The van der Waals surface area contributed by atoms with Crippen molar-refractivity contribution in [2.24, 2.45) is 4.99 Å². The van der Waals surface area contributed by atoms with Gasteiger partial charge in [-0.05, 0) is 36.4 Å². The molecule has 1 heterocycles. The molecule has 1 saturated heterocycles. The fraction of sp³-hybridized carbons (Fsp3) is 0.200. The number of halogens is 1. The normalized spacial score (nSPS) is 17.9. The summed E-state index contributed by atoms with van der Waals surface area (Å²) in [6.45, 7) is 0. The molecular formula is C20H18FN3O4S. The third-order valence-corrected chi connectivity index (χ3v) is 5.45. The van der Waals surface area contributed by atoms with Crippen molar-refractivity contribution < 1.29 is 23.5 Å². The number of carbonyl (C=O) groups is 3. The van der Waals surface area contributed by atoms with E-state index in [0.717, 1.165) is 11.8 Å². The van der Waals surface area contributed by atoms with Crippen LogP contribution in [0.4, 0.5) is 15.8 Å². The lowest BCUT2D eigenvalue weighted by Gasteiger charge is -2.28. The van der Waals surface area contributed by atoms with Gasteiger partial charge in [-0.2, -0.15) is 0 Å². The minimum Gasteiger partial charge on any atom is -0.465 e. The maximum Gasteiger partial charge on any atom is 0.337 e. The maximum absolute atomic E-state index is 13.8. The Balaban J connectivity index is 1.77. The summed E-state index contributed by atoms with van der Waals surface area (Å²) in [5.74, 6) is -1.77. The summed E-state index contributed by atoms with van der Waals surface area (Å²) in [4.78, 5) is 42.2. The first-order valence-electron chi connectivity index (χ1n) is 8.64. The van der Waals surface area contributed by atoms with Gasteiger partial charge in [0.05, 0.1) is 24.0 Å². The number of aliphatic imine (C=N–C) groups is 1. The molecular weight excluding hydrogens is 397 g/mol. The Bertz CT molecular complexity index is 978. The van der Waals surface area contributed by atoms with E-state index >= 15 is 0 Å². The number of hydrogen-bond donors (Lipinski definition) is 1. The smallest absolute Gasteiger partial charge is 0.337 e. The predicted molar refractivity (Wildman–Crippen MR) is 109 cm³/mol. The number of hydrogen-bond acceptors (Lipinski definition) is 6. The number of nitrogens with zero attached hydrogens (tertiary/aromatic N) is 2. The van der Waals surface area contributed by atoms with Gasteiger partial charge in [-0.3, -0.25) is 14.5 Å². The summed E-state index contributed by atoms with van der Waals surface area (Å²) < 4.78 is 18.4. The predicted octanol–water partition coefficient (Wildman–Crippen LogP) is 3.20. The standard InChI is InChI=1S/C20H18FN3O4S/c1-24-17(25)11-16(18(26)23-15-6-4-3-5-14(15)21)29-20(24)22-13-9-7-12(8-10-13)19(27)28-2/h3-10,16H,11H2,1-2H3,(H,23,26). The second-order valence-electron chi connectivity index (χ2n) is 6.17. The lowest BCUT2D eigenvalue weighted by atomic mass is 10.2. The van der Waals surface area contributed by atoms with E-state index in [2.05, 4.69) is 15.0 Å². The van der Waals surface area contributed by atoms with E-state index in [0.29, 0.717) is 16.4 Å². The van der Waals surface area contributed by atoms with Gasteiger partial charge in [-0.15, -0.1) is 0 Å². The van der Waals surface area contributed by atoms with Crippen molar-refractivity contribution in [1.29, 1.82) is 0 Å². The van der Waals surface area contributed by atoms with Gasteiger partial charge in [-0.25, -0.2) is 14.2 Å². The molecule has 2 amide bonds. The molecule has 29 heavy (non-hydrogen) atoms. The Morgan fingerprint density at radius 1 is 1.21 bits per heavy atom. The van der Waals surface area contributed by atoms with E-state index in [1.54, 1.807) is 37.4 Å². The molecule has 1 unspecified atom stereocenters. The van der Waals surface area contributed by atoms with Crippen LogP contribution in [0, 0.1) is 5.82 Å². The van der Waals surface area contributed by atoms with E-state index in [9.17, 15) is 18.8 Å². The van der Waals surface area contributed by atoms with Crippen molar-refractivity contribution in [2.75, 3.05) is 19.5 Å². The van der Waals surface area contributed by atoms with Gasteiger partial charge in [0.2, 0.25) is 11.8 Å². The number of thioether (sulfide) groups is 1. The lowest BCUT2D eigenvalue weighted by molar-refractivity contribution is -0.128. The van der Waals surface area contributed by atoms with Crippen LogP contribution in [0.5, 0.6) is 0 Å². The van der Waals surface area contributed by atoms with Crippen molar-refractivity contribution in [1.82, 2.24) is 4.90 Å². The SMILES string of the molecule is COC(=O)c1ccc(N=C2SC(C(=O)Nc3ccccc3F)CC(=O)N2C)cc1. The van der Waals surface area contributed by atoms with Crippen molar-refractivity contribution in [2.45, 2.75) is 11.7 Å². The van der Waals surface area contributed by atoms with E-state index in [-0.39, 0.29) is 18.0 Å². The summed E-state index contributed by atoms with van der Waals surface area (Å²) in [7, 11) is 2.87. The van der Waals surface area contributed by atoms with Crippen molar-refractivity contribution >= 4 is 46.1 Å². The highest BCUT2D eigenvalue weighted by molar-refractivity contribution is 8.15. The molecule has 0 saturated carbocycles. The Kier molecular flexibility index (Phi) is 6.28. The van der Waals surface area contributed by atoms with Crippen LogP contribution in [-0.4, -0.2) is 47.3 Å². The average Bonchev–Trinajstić information content (AvgIpc) is 2.72. The van der Waals surface area contributed by atoms with Gasteiger partial charge in [0.15, 0.2) is 5.17 Å². The number of amidine groups is 1. The number of esters is 1. The number of nitrogens with one attached hydrogen (secondary N) is 1. The van der Waals surface area contributed by atoms with Gasteiger partial charge in [0, 0.05) is 13.5 Å². The van der Waals surface area contributed by atoms with Gasteiger partial charge < -0.3 is 10.1 Å². The number of rotatable bonds is 4. The summed E-state index contributed by atoms with van der Waals surface area (Å²) in [6.07, 6.45) is -0.0260. The van der Waals surface area contributed by atoms with Gasteiger partial charge in [0.1, 0.15) is 11.1 Å². The number of carbonyl (C=O) groups excluding carboxylic acids is 3. The zero-order chi connectivity index (χ0) is 21.0. The molecule has 0 aromatic heterocycles. The lowest BCUT2D eigenvalue weighted by Crippen LogP contribution is -2.43. The largest absolute Gasteiger partial charge is 0.465 e. The van der Waals surface area contributed by atoms with Crippen LogP contribution in [-0.2, 0) is 14.3 Å². The fourth-order valence-corrected chi connectivity index (χ4v) is 3.64. The summed E-state index contributed by atoms with van der Waals surface area (Å²) in [6, 6.07) is 12.2. The first kappa shape index (κ1) is 20.5. The first-order chi connectivity index (χ1) is 13.9. The Morgan fingerprint density at radius 3 is 2.55 bits per heavy atom. The molecule has 1 aliphatic heterocycles. The first-order valence-corrected chi connectivity index (χ1v) is 9.52. The molecule has 2 aromatic carbocycles. The molecule has 0 aliphatic carbocycles. The molecule has 1 atom stereocenters. The average molecular weight is 415 g/mol. The highest BCUT2D eigenvalue weighted by Gasteiger charge is 2.34. The van der Waals surface area contributed by atoms with Crippen molar-refractivity contribution in [3.8, 4) is 0 Å². The number of ether oxygens (including phenoxy) is 1. The number of benzene rings is 2. The zero-order valence-corrected chi connectivity index (χ0v) is 16.5. The topological polar surface area (TPSA) is 88.1 Å². The van der Waals surface area contributed by atoms with E-state index < -0.39 is 22.9 Å². The fourth-order valence-electron chi connectivity index (χ4n) is 2.57. The molecule has 0 spiro atoms. The molecule has 1 aliphatic rings. The minimum absolute atomic E-state index is 0.0260. The van der Waals surface area contributed by atoms with E-state index in [4.69, 9.17) is 0 Å². The van der Waals surface area contributed by atoms with Gasteiger partial charge in [-0.1, -0.05) is 23.9 Å². The number of anilines is 1. The third kappa shape index (κ3) is 4.80. The van der Waals surface area contributed by atoms with Crippen molar-refractivity contribution in [3.63, 3.8) is 0 Å². The molecule has 2 aromatic rings. The van der Waals surface area contributed by atoms with Crippen LogP contribution in [0.2, 0.25) is 0 Å². The molecule has 1 fully saturated rings. The summed E-state index contributed by atoms with van der Waals surface area (Å²) >= 11 is 1.12. The Morgan fingerprint density at radius 2 is 1.90 bits per heavy atom. The molecule has 1 N–H and O–H groups in total. The molecule has 3 rings (SSSR count). The number of amides is 2. The quantitative estimate of drug-likeness (QED) is 0.775. The van der Waals surface area contributed by atoms with E-state index in [1.165, 1.54) is 30.2 Å². The molecule has 0 bridgehead atoms. The van der Waals surface area contributed by atoms with E-state index in [1.807, 2.05) is 0 Å². The highest BCUT2D eigenvalue weighted by atomic mass is 32.2.